The molecule has 0 amide bonds. The van der Waals surface area contributed by atoms with Crippen LogP contribution < -0.4 is 9.47 Å². The monoisotopic (exact) mass is 292 g/mol. The summed E-state index contributed by atoms with van der Waals surface area (Å²) in [6.07, 6.45) is -0.975. The third-order valence-corrected chi connectivity index (χ3v) is 3.60. The van der Waals surface area contributed by atoms with Crippen molar-refractivity contribution in [1.82, 2.24) is 0 Å². The summed E-state index contributed by atoms with van der Waals surface area (Å²) in [4.78, 5) is 0. The number of hydrogen-bond acceptors (Lipinski definition) is 3. The Labute approximate surface area is 120 Å². The molecule has 0 aliphatic carbocycles. The number of benzene rings is 2. The van der Waals surface area contributed by atoms with Crippen LogP contribution in [-0.2, 0) is 0 Å². The summed E-state index contributed by atoms with van der Waals surface area (Å²) in [7, 11) is 1.54. The number of fused-ring (bicyclic) bond motifs is 1. The van der Waals surface area contributed by atoms with E-state index in [1.165, 1.54) is 13.2 Å². The van der Waals surface area contributed by atoms with E-state index < -0.39 is 23.8 Å². The van der Waals surface area contributed by atoms with Gasteiger partial charge in [-0.1, -0.05) is 6.07 Å². The molecule has 2 aromatic carbocycles. The van der Waals surface area contributed by atoms with Gasteiger partial charge in [0.1, 0.15) is 17.6 Å². The number of hydrogen-bond donors (Lipinski definition) is 1. The van der Waals surface area contributed by atoms with Gasteiger partial charge in [0.15, 0.2) is 11.6 Å². The Bertz CT molecular complexity index is 673. The van der Waals surface area contributed by atoms with Crippen LogP contribution in [0.2, 0.25) is 0 Å². The highest BCUT2D eigenvalue weighted by Gasteiger charge is 2.28. The van der Waals surface area contributed by atoms with E-state index in [1.54, 1.807) is 18.2 Å². The zero-order chi connectivity index (χ0) is 15.0. The molecule has 3 nitrogen and oxygen atoms in total. The number of rotatable bonds is 2. The summed E-state index contributed by atoms with van der Waals surface area (Å²) in [5.74, 6) is -0.742. The van der Waals surface area contributed by atoms with Gasteiger partial charge in [0.05, 0.1) is 13.2 Å². The van der Waals surface area contributed by atoms with E-state index in [0.29, 0.717) is 22.6 Å². The van der Waals surface area contributed by atoms with Crippen molar-refractivity contribution in [3.05, 3.63) is 59.2 Å². The van der Waals surface area contributed by atoms with E-state index in [-0.39, 0.29) is 6.42 Å². The molecule has 5 heteroatoms. The second-order valence-electron chi connectivity index (χ2n) is 4.94. The molecule has 3 rings (SSSR count). The molecule has 1 aliphatic heterocycles. The number of halogens is 2. The summed E-state index contributed by atoms with van der Waals surface area (Å²) >= 11 is 0. The van der Waals surface area contributed by atoms with Gasteiger partial charge in [0, 0.05) is 18.1 Å². The summed E-state index contributed by atoms with van der Waals surface area (Å²) in [5, 5.41) is 10.2. The molecule has 0 fully saturated rings. The highest BCUT2D eigenvalue weighted by Crippen LogP contribution is 2.42. The minimum absolute atomic E-state index is 0.282. The molecule has 1 aliphatic rings. The van der Waals surface area contributed by atoms with E-state index in [0.717, 1.165) is 12.1 Å². The van der Waals surface area contributed by atoms with Crippen molar-refractivity contribution in [3.63, 3.8) is 0 Å². The maximum atomic E-state index is 13.3. The predicted octanol–water partition coefficient (Wildman–Crippen LogP) is 3.53. The third-order valence-electron chi connectivity index (χ3n) is 3.60. The Morgan fingerprint density at radius 3 is 2.67 bits per heavy atom. The molecule has 0 saturated carbocycles. The van der Waals surface area contributed by atoms with Crippen molar-refractivity contribution < 1.29 is 23.4 Å². The van der Waals surface area contributed by atoms with E-state index in [2.05, 4.69) is 0 Å². The maximum absolute atomic E-state index is 13.3. The van der Waals surface area contributed by atoms with Crippen LogP contribution in [0.1, 0.15) is 29.8 Å². The van der Waals surface area contributed by atoms with Gasteiger partial charge in [-0.3, -0.25) is 0 Å². The molecule has 0 aromatic heterocycles. The predicted molar refractivity (Wildman–Crippen MR) is 72.3 cm³/mol. The first kappa shape index (κ1) is 13.8. The number of methoxy groups -OCH3 is 1. The van der Waals surface area contributed by atoms with Gasteiger partial charge in [0.2, 0.25) is 0 Å². The lowest BCUT2D eigenvalue weighted by atomic mass is 9.95. The minimum Gasteiger partial charge on any atom is -0.497 e. The van der Waals surface area contributed by atoms with Gasteiger partial charge in [0.25, 0.3) is 0 Å². The smallest absolute Gasteiger partial charge is 0.159 e. The largest absolute Gasteiger partial charge is 0.497 e. The molecule has 0 bridgehead atoms. The van der Waals surface area contributed by atoms with Gasteiger partial charge in [-0.25, -0.2) is 8.78 Å². The first-order chi connectivity index (χ1) is 10.1. The Morgan fingerprint density at radius 2 is 1.95 bits per heavy atom. The zero-order valence-electron chi connectivity index (χ0n) is 11.3. The van der Waals surface area contributed by atoms with Crippen LogP contribution in [-0.4, -0.2) is 12.2 Å². The van der Waals surface area contributed by atoms with E-state index >= 15 is 0 Å². The summed E-state index contributed by atoms with van der Waals surface area (Å²) in [5.41, 5.74) is 1.15. The first-order valence-electron chi connectivity index (χ1n) is 6.56. The summed E-state index contributed by atoms with van der Waals surface area (Å²) in [6, 6.07) is 8.76. The molecule has 0 saturated heterocycles. The lowest BCUT2D eigenvalue weighted by Crippen LogP contribution is -2.19. The normalized spacial score (nSPS) is 20.6. The number of aliphatic hydroxyl groups is 1. The standard InChI is InChI=1S/C16H14F2O3/c1-20-10-3-4-11-14(19)8-15(21-16(11)7-10)9-2-5-12(17)13(18)6-9/h2-7,14-15,19H,8H2,1H3. The van der Waals surface area contributed by atoms with Crippen molar-refractivity contribution in [2.24, 2.45) is 0 Å². The third kappa shape index (κ3) is 2.56. The van der Waals surface area contributed by atoms with Crippen molar-refractivity contribution in [3.8, 4) is 11.5 Å². The highest BCUT2D eigenvalue weighted by molar-refractivity contribution is 5.44. The van der Waals surface area contributed by atoms with Crippen LogP contribution >= 0.6 is 0 Å². The van der Waals surface area contributed by atoms with E-state index in [9.17, 15) is 13.9 Å². The van der Waals surface area contributed by atoms with Crippen molar-refractivity contribution in [2.45, 2.75) is 18.6 Å². The highest BCUT2D eigenvalue weighted by atomic mass is 19.2. The minimum atomic E-state index is -0.929. The topological polar surface area (TPSA) is 38.7 Å². The molecule has 2 unspecified atom stereocenters. The van der Waals surface area contributed by atoms with Crippen LogP contribution in [0.15, 0.2) is 36.4 Å². The molecule has 1 N–H and O–H groups in total. The van der Waals surface area contributed by atoms with Crippen LogP contribution in [0.3, 0.4) is 0 Å². The van der Waals surface area contributed by atoms with E-state index in [1.807, 2.05) is 0 Å². The average Bonchev–Trinajstić information content (AvgIpc) is 2.49. The van der Waals surface area contributed by atoms with Crippen molar-refractivity contribution >= 4 is 0 Å². The van der Waals surface area contributed by atoms with Gasteiger partial charge in [-0.15, -0.1) is 0 Å². The molecule has 21 heavy (non-hydrogen) atoms. The van der Waals surface area contributed by atoms with Crippen LogP contribution in [0, 0.1) is 11.6 Å². The quantitative estimate of drug-likeness (QED) is 0.920. The molecule has 0 spiro atoms. The zero-order valence-corrected chi connectivity index (χ0v) is 11.3. The Kier molecular flexibility index (Phi) is 3.51. The van der Waals surface area contributed by atoms with Gasteiger partial charge in [-0.2, -0.15) is 0 Å². The second-order valence-corrected chi connectivity index (χ2v) is 4.94. The molecule has 110 valence electrons. The first-order valence-corrected chi connectivity index (χ1v) is 6.56. The lowest BCUT2D eigenvalue weighted by molar-refractivity contribution is 0.0653. The fraction of sp³-hybridized carbons (Fsp3) is 0.250. The van der Waals surface area contributed by atoms with Gasteiger partial charge < -0.3 is 14.6 Å². The fourth-order valence-corrected chi connectivity index (χ4v) is 2.47. The maximum Gasteiger partial charge on any atom is 0.159 e. The SMILES string of the molecule is COc1ccc2c(c1)OC(c1ccc(F)c(F)c1)CC2O. The molecular formula is C16H14F2O3. The number of aliphatic hydroxyl groups excluding tert-OH is 1. The van der Waals surface area contributed by atoms with Crippen LogP contribution in [0.5, 0.6) is 11.5 Å². The molecule has 1 heterocycles. The lowest BCUT2D eigenvalue weighted by Gasteiger charge is -2.30. The van der Waals surface area contributed by atoms with Crippen molar-refractivity contribution in [2.75, 3.05) is 7.11 Å². The number of ether oxygens (including phenoxy) is 2. The average molecular weight is 292 g/mol. The van der Waals surface area contributed by atoms with Crippen molar-refractivity contribution in [1.29, 1.82) is 0 Å². The Balaban J connectivity index is 1.94. The summed E-state index contributed by atoms with van der Waals surface area (Å²) < 4.78 is 37.2. The fourth-order valence-electron chi connectivity index (χ4n) is 2.47. The van der Waals surface area contributed by atoms with E-state index in [4.69, 9.17) is 9.47 Å². The van der Waals surface area contributed by atoms with Gasteiger partial charge in [-0.05, 0) is 29.8 Å². The van der Waals surface area contributed by atoms with Crippen LogP contribution in [0.25, 0.3) is 0 Å². The second kappa shape index (κ2) is 5.33. The molecule has 2 atom stereocenters. The summed E-state index contributed by atoms with van der Waals surface area (Å²) in [6.45, 7) is 0. The van der Waals surface area contributed by atoms with Gasteiger partial charge >= 0.3 is 0 Å². The van der Waals surface area contributed by atoms with Crippen LogP contribution in [0.4, 0.5) is 8.78 Å². The Morgan fingerprint density at radius 1 is 1.14 bits per heavy atom. The molecular weight excluding hydrogens is 278 g/mol. The molecule has 2 aromatic rings. The Hall–Kier alpha value is -2.14. The molecule has 0 radical (unpaired) electrons.